The summed E-state index contributed by atoms with van der Waals surface area (Å²) >= 11 is 0. The molecule has 1 aromatic rings. The molecule has 1 rings (SSSR count). The summed E-state index contributed by atoms with van der Waals surface area (Å²) in [5.41, 5.74) is 7.64. The second-order valence-corrected chi connectivity index (χ2v) is 4.34. The van der Waals surface area contributed by atoms with E-state index >= 15 is 0 Å². The van der Waals surface area contributed by atoms with Crippen molar-refractivity contribution in [3.8, 4) is 0 Å². The van der Waals surface area contributed by atoms with E-state index in [0.717, 1.165) is 18.5 Å². The third-order valence-electron chi connectivity index (χ3n) is 3.34. The molecule has 2 N–H and O–H groups in total. The zero-order valence-corrected chi connectivity index (χ0v) is 11.6. The van der Waals surface area contributed by atoms with Crippen LogP contribution >= 0.6 is 0 Å². The lowest BCUT2D eigenvalue weighted by Crippen LogP contribution is -2.30. The fourth-order valence-electron chi connectivity index (χ4n) is 2.10. The molecule has 0 aromatic heterocycles. The van der Waals surface area contributed by atoms with Crippen molar-refractivity contribution in [1.29, 1.82) is 0 Å². The van der Waals surface area contributed by atoms with E-state index in [1.54, 1.807) is 12.1 Å². The maximum Gasteiger partial charge on any atom is 0.340 e. The van der Waals surface area contributed by atoms with Crippen LogP contribution in [0.15, 0.2) is 18.2 Å². The van der Waals surface area contributed by atoms with Crippen molar-refractivity contribution in [2.24, 2.45) is 0 Å². The molecule has 0 heterocycles. The summed E-state index contributed by atoms with van der Waals surface area (Å²) < 4.78 is 4.73. The van der Waals surface area contributed by atoms with E-state index in [0.29, 0.717) is 17.3 Å². The fourth-order valence-corrected chi connectivity index (χ4v) is 2.10. The van der Waals surface area contributed by atoms with Gasteiger partial charge in [-0.25, -0.2) is 4.79 Å². The molecule has 100 valence electrons. The Bertz CT molecular complexity index is 414. The van der Waals surface area contributed by atoms with Crippen molar-refractivity contribution in [2.75, 3.05) is 24.8 Å². The average molecular weight is 250 g/mol. The first kappa shape index (κ1) is 14.4. The van der Waals surface area contributed by atoms with Gasteiger partial charge in [0.1, 0.15) is 0 Å². The number of carbonyl (C=O) groups is 1. The smallest absolute Gasteiger partial charge is 0.340 e. The minimum atomic E-state index is -0.396. The van der Waals surface area contributed by atoms with Crippen LogP contribution in [0.5, 0.6) is 0 Å². The van der Waals surface area contributed by atoms with Crippen LogP contribution in [-0.4, -0.2) is 26.2 Å². The quantitative estimate of drug-likeness (QED) is 0.645. The van der Waals surface area contributed by atoms with Crippen LogP contribution in [0.25, 0.3) is 0 Å². The first-order chi connectivity index (χ1) is 8.54. The molecule has 1 aromatic carbocycles. The molecule has 4 nitrogen and oxygen atoms in total. The molecule has 4 heteroatoms. The highest BCUT2D eigenvalue weighted by Crippen LogP contribution is 2.24. The predicted octanol–water partition coefficient (Wildman–Crippen LogP) is 2.68. The van der Waals surface area contributed by atoms with Gasteiger partial charge in [0.25, 0.3) is 0 Å². The van der Waals surface area contributed by atoms with Gasteiger partial charge in [0, 0.05) is 24.5 Å². The van der Waals surface area contributed by atoms with Gasteiger partial charge in [0.05, 0.1) is 12.7 Å². The Balaban J connectivity index is 3.07. The number of benzene rings is 1. The van der Waals surface area contributed by atoms with Crippen LogP contribution in [0, 0.1) is 0 Å². The van der Waals surface area contributed by atoms with Gasteiger partial charge in [-0.05, 0) is 31.0 Å². The van der Waals surface area contributed by atoms with E-state index < -0.39 is 5.97 Å². The van der Waals surface area contributed by atoms with Crippen molar-refractivity contribution in [2.45, 2.75) is 32.7 Å². The van der Waals surface area contributed by atoms with Crippen molar-refractivity contribution >= 4 is 17.3 Å². The molecule has 0 spiro atoms. The first-order valence-electron chi connectivity index (χ1n) is 6.25. The van der Waals surface area contributed by atoms with Crippen LogP contribution < -0.4 is 10.6 Å². The summed E-state index contributed by atoms with van der Waals surface area (Å²) in [4.78, 5) is 13.8. The van der Waals surface area contributed by atoms with Crippen LogP contribution in [0.3, 0.4) is 0 Å². The summed E-state index contributed by atoms with van der Waals surface area (Å²) in [6.45, 7) is 4.31. The normalized spacial score (nSPS) is 10.5. The van der Waals surface area contributed by atoms with Gasteiger partial charge in [0.15, 0.2) is 0 Å². The molecule has 0 unspecified atom stereocenters. The minimum Gasteiger partial charge on any atom is -0.465 e. The second kappa shape index (κ2) is 6.28. The number of nitrogens with two attached hydrogens (primary N) is 1. The van der Waals surface area contributed by atoms with Gasteiger partial charge in [0.2, 0.25) is 0 Å². The number of carbonyl (C=O) groups excluding carboxylic acids is 1. The van der Waals surface area contributed by atoms with Gasteiger partial charge in [-0.15, -0.1) is 0 Å². The zero-order chi connectivity index (χ0) is 13.7. The van der Waals surface area contributed by atoms with Gasteiger partial charge < -0.3 is 15.4 Å². The molecular weight excluding hydrogens is 228 g/mol. The first-order valence-corrected chi connectivity index (χ1v) is 6.25. The summed E-state index contributed by atoms with van der Waals surface area (Å²) in [7, 11) is 3.39. The SMILES string of the molecule is CCC(CC)N(C)c1ccc(N)c(C(=O)OC)c1. The second-order valence-electron chi connectivity index (χ2n) is 4.34. The van der Waals surface area contributed by atoms with Crippen LogP contribution in [0.1, 0.15) is 37.0 Å². The number of anilines is 2. The number of hydrogen-bond donors (Lipinski definition) is 1. The van der Waals surface area contributed by atoms with E-state index in [9.17, 15) is 4.79 Å². The molecular formula is C14H22N2O2. The van der Waals surface area contributed by atoms with Gasteiger partial charge >= 0.3 is 5.97 Å². The molecule has 0 saturated carbocycles. The zero-order valence-electron chi connectivity index (χ0n) is 11.6. The minimum absolute atomic E-state index is 0.396. The number of nitrogen functional groups attached to an aromatic ring is 1. The Morgan fingerprint density at radius 1 is 1.39 bits per heavy atom. The Morgan fingerprint density at radius 2 is 2.00 bits per heavy atom. The van der Waals surface area contributed by atoms with Crippen LogP contribution in [0.4, 0.5) is 11.4 Å². The lowest BCUT2D eigenvalue weighted by atomic mass is 10.1. The number of nitrogens with zero attached hydrogens (tertiary/aromatic N) is 1. The number of methoxy groups -OCH3 is 1. The Morgan fingerprint density at radius 3 is 2.50 bits per heavy atom. The highest BCUT2D eigenvalue weighted by molar-refractivity contribution is 5.96. The van der Waals surface area contributed by atoms with Gasteiger partial charge in [-0.1, -0.05) is 13.8 Å². The Kier molecular flexibility index (Phi) is 5.01. The Hall–Kier alpha value is -1.71. The molecule has 0 radical (unpaired) electrons. The molecule has 0 bridgehead atoms. The third kappa shape index (κ3) is 2.94. The van der Waals surface area contributed by atoms with E-state index in [1.807, 2.05) is 13.1 Å². The van der Waals surface area contributed by atoms with Crippen LogP contribution in [-0.2, 0) is 4.74 Å². The monoisotopic (exact) mass is 250 g/mol. The van der Waals surface area contributed by atoms with Gasteiger partial charge in [-0.3, -0.25) is 0 Å². The number of hydrogen-bond acceptors (Lipinski definition) is 4. The van der Waals surface area contributed by atoms with Crippen molar-refractivity contribution in [3.05, 3.63) is 23.8 Å². The summed E-state index contributed by atoms with van der Waals surface area (Å²) in [6.07, 6.45) is 2.12. The largest absolute Gasteiger partial charge is 0.465 e. The summed E-state index contributed by atoms with van der Waals surface area (Å²) in [5, 5.41) is 0. The lowest BCUT2D eigenvalue weighted by Gasteiger charge is -2.28. The number of esters is 1. The number of rotatable bonds is 5. The fraction of sp³-hybridized carbons (Fsp3) is 0.500. The lowest BCUT2D eigenvalue weighted by molar-refractivity contribution is 0.0602. The maximum absolute atomic E-state index is 11.6. The predicted molar refractivity (Wildman–Crippen MR) is 75.0 cm³/mol. The topological polar surface area (TPSA) is 55.6 Å². The molecule has 18 heavy (non-hydrogen) atoms. The molecule has 0 aliphatic carbocycles. The number of ether oxygens (including phenoxy) is 1. The van der Waals surface area contributed by atoms with E-state index in [1.165, 1.54) is 7.11 Å². The molecule has 0 aliphatic heterocycles. The third-order valence-corrected chi connectivity index (χ3v) is 3.34. The van der Waals surface area contributed by atoms with Crippen molar-refractivity contribution in [3.63, 3.8) is 0 Å². The van der Waals surface area contributed by atoms with Crippen molar-refractivity contribution in [1.82, 2.24) is 0 Å². The van der Waals surface area contributed by atoms with Gasteiger partial charge in [-0.2, -0.15) is 0 Å². The molecule has 0 amide bonds. The standard InChI is InChI=1S/C14H22N2O2/c1-5-10(6-2)16(3)11-7-8-13(15)12(9-11)14(17)18-4/h7-10H,5-6,15H2,1-4H3. The highest BCUT2D eigenvalue weighted by Gasteiger charge is 2.15. The summed E-state index contributed by atoms with van der Waals surface area (Å²) in [6, 6.07) is 5.93. The van der Waals surface area contributed by atoms with E-state index in [2.05, 4.69) is 18.7 Å². The van der Waals surface area contributed by atoms with E-state index in [-0.39, 0.29) is 0 Å². The molecule has 0 fully saturated rings. The summed E-state index contributed by atoms with van der Waals surface area (Å²) in [5.74, 6) is -0.396. The van der Waals surface area contributed by atoms with Crippen LogP contribution in [0.2, 0.25) is 0 Å². The molecule has 0 atom stereocenters. The van der Waals surface area contributed by atoms with Crippen molar-refractivity contribution < 1.29 is 9.53 Å². The Labute approximate surface area is 109 Å². The molecule has 0 saturated heterocycles. The average Bonchev–Trinajstić information content (AvgIpc) is 2.39. The highest BCUT2D eigenvalue weighted by atomic mass is 16.5. The van der Waals surface area contributed by atoms with E-state index in [4.69, 9.17) is 10.5 Å². The molecule has 0 aliphatic rings. The maximum atomic E-state index is 11.6.